The number of hydrogen-bond acceptors (Lipinski definition) is 4. The minimum absolute atomic E-state index is 0.212. The van der Waals surface area contributed by atoms with E-state index in [9.17, 15) is 4.79 Å². The first-order valence-corrected chi connectivity index (χ1v) is 6.94. The van der Waals surface area contributed by atoms with Crippen LogP contribution >= 0.6 is 38.9 Å². The Morgan fingerprint density at radius 3 is 2.83 bits per heavy atom. The molecule has 0 bridgehead atoms. The maximum Gasteiger partial charge on any atom is 0.265 e. The topological polar surface area (TPSA) is 68.0 Å². The lowest BCUT2D eigenvalue weighted by Gasteiger charge is -2.04. The number of thiophene rings is 1. The number of aromatic nitrogens is 1. The number of nitrogens with zero attached hydrogens (tertiary/aromatic N) is 1. The molecule has 2 aromatic heterocycles. The summed E-state index contributed by atoms with van der Waals surface area (Å²) in [4.78, 5) is 17.4. The lowest BCUT2D eigenvalue weighted by Crippen LogP contribution is -2.10. The molecule has 0 aliphatic heterocycles. The van der Waals surface area contributed by atoms with Crippen molar-refractivity contribution in [3.05, 3.63) is 37.7 Å². The fourth-order valence-corrected chi connectivity index (χ4v) is 2.58. The molecule has 1 amide bonds. The Labute approximate surface area is 121 Å². The molecule has 4 nitrogen and oxygen atoms in total. The molecule has 0 fully saturated rings. The van der Waals surface area contributed by atoms with Crippen molar-refractivity contribution in [1.29, 1.82) is 0 Å². The van der Waals surface area contributed by atoms with E-state index in [0.717, 1.165) is 4.88 Å². The molecule has 7 heteroatoms. The van der Waals surface area contributed by atoms with Crippen LogP contribution in [0.25, 0.3) is 0 Å². The summed E-state index contributed by atoms with van der Waals surface area (Å²) in [5.41, 5.74) is 6.90. The van der Waals surface area contributed by atoms with Crippen LogP contribution in [-0.4, -0.2) is 10.9 Å². The summed E-state index contributed by atoms with van der Waals surface area (Å²) in [5, 5.41) is 3.08. The van der Waals surface area contributed by atoms with E-state index in [1.165, 1.54) is 17.5 Å². The summed E-state index contributed by atoms with van der Waals surface area (Å²) in [5.74, 6) is -0.212. The number of hydrogen-bond donors (Lipinski definition) is 2. The minimum Gasteiger partial charge on any atom is -0.398 e. The van der Waals surface area contributed by atoms with Gasteiger partial charge in [0.1, 0.15) is 5.15 Å². The summed E-state index contributed by atoms with van der Waals surface area (Å²) in [6.07, 6.45) is 1.49. The molecule has 0 aliphatic rings. The lowest BCUT2D eigenvalue weighted by atomic mass is 10.3. The zero-order chi connectivity index (χ0) is 13.3. The first-order valence-electron chi connectivity index (χ1n) is 4.95. The van der Waals surface area contributed by atoms with Crippen molar-refractivity contribution >= 4 is 56.1 Å². The van der Waals surface area contributed by atoms with Gasteiger partial charge in [0.15, 0.2) is 0 Å². The predicted molar refractivity (Wildman–Crippen MR) is 78.4 cm³/mol. The van der Waals surface area contributed by atoms with Gasteiger partial charge in [-0.3, -0.25) is 4.79 Å². The zero-order valence-corrected chi connectivity index (χ0v) is 12.5. The maximum absolute atomic E-state index is 11.9. The standard InChI is InChI=1S/C11H9BrClN3OS/c1-5-8(14)3-9(18-5)11(17)16-6-2-7(12)10(13)15-4-6/h2-4H,14H2,1H3,(H,16,17). The molecule has 0 saturated heterocycles. The fourth-order valence-electron chi connectivity index (χ4n) is 1.29. The van der Waals surface area contributed by atoms with Crippen molar-refractivity contribution in [2.24, 2.45) is 0 Å². The summed E-state index contributed by atoms with van der Waals surface area (Å²) < 4.78 is 0.629. The third kappa shape index (κ3) is 2.82. The van der Waals surface area contributed by atoms with Gasteiger partial charge < -0.3 is 11.1 Å². The number of carbonyl (C=O) groups excluding carboxylic acids is 1. The Bertz CT molecular complexity index is 595. The number of nitrogen functional groups attached to an aromatic ring is 1. The van der Waals surface area contributed by atoms with E-state index in [0.29, 0.717) is 25.9 Å². The molecule has 0 spiro atoms. The molecular formula is C11H9BrClN3OS. The second kappa shape index (κ2) is 5.26. The van der Waals surface area contributed by atoms with Gasteiger partial charge in [-0.25, -0.2) is 4.98 Å². The van der Waals surface area contributed by atoms with Crippen LogP contribution in [0, 0.1) is 6.92 Å². The van der Waals surface area contributed by atoms with Gasteiger partial charge in [-0.15, -0.1) is 11.3 Å². The fraction of sp³-hybridized carbons (Fsp3) is 0.0909. The Kier molecular flexibility index (Phi) is 3.89. The van der Waals surface area contributed by atoms with Crippen LogP contribution in [0.4, 0.5) is 11.4 Å². The highest BCUT2D eigenvalue weighted by Crippen LogP contribution is 2.26. The van der Waals surface area contributed by atoms with Gasteiger partial charge in [-0.2, -0.15) is 0 Å². The minimum atomic E-state index is -0.212. The van der Waals surface area contributed by atoms with Crippen LogP contribution in [0.3, 0.4) is 0 Å². The highest BCUT2D eigenvalue weighted by molar-refractivity contribution is 9.10. The van der Waals surface area contributed by atoms with Gasteiger partial charge in [0.25, 0.3) is 5.91 Å². The molecule has 2 rings (SSSR count). The predicted octanol–water partition coefficient (Wildman–Crippen LogP) is 3.70. The van der Waals surface area contributed by atoms with Crippen molar-refractivity contribution in [3.8, 4) is 0 Å². The first-order chi connectivity index (χ1) is 8.47. The highest BCUT2D eigenvalue weighted by atomic mass is 79.9. The van der Waals surface area contributed by atoms with E-state index in [1.54, 1.807) is 12.1 Å². The number of halogens is 2. The molecule has 0 radical (unpaired) electrons. The summed E-state index contributed by atoms with van der Waals surface area (Å²) in [7, 11) is 0. The van der Waals surface area contributed by atoms with Crippen molar-refractivity contribution in [2.45, 2.75) is 6.92 Å². The van der Waals surface area contributed by atoms with Gasteiger partial charge in [-0.1, -0.05) is 11.6 Å². The molecule has 0 aromatic carbocycles. The quantitative estimate of drug-likeness (QED) is 0.815. The van der Waals surface area contributed by atoms with E-state index in [-0.39, 0.29) is 5.91 Å². The summed E-state index contributed by atoms with van der Waals surface area (Å²) >= 11 is 10.4. The Balaban J connectivity index is 2.18. The van der Waals surface area contributed by atoms with Crippen molar-refractivity contribution in [2.75, 3.05) is 11.1 Å². The normalized spacial score (nSPS) is 10.4. The number of nitrogens with two attached hydrogens (primary N) is 1. The van der Waals surface area contributed by atoms with E-state index < -0.39 is 0 Å². The van der Waals surface area contributed by atoms with Crippen LogP contribution in [0.2, 0.25) is 5.15 Å². The Morgan fingerprint density at radius 1 is 1.56 bits per heavy atom. The molecule has 0 aliphatic carbocycles. The SMILES string of the molecule is Cc1sc(C(=O)Nc2cnc(Cl)c(Br)c2)cc1N. The lowest BCUT2D eigenvalue weighted by molar-refractivity contribution is 0.103. The first kappa shape index (κ1) is 13.3. The highest BCUT2D eigenvalue weighted by Gasteiger charge is 2.12. The third-order valence-electron chi connectivity index (χ3n) is 2.23. The average Bonchev–Trinajstić information content (AvgIpc) is 2.65. The number of rotatable bonds is 2. The van der Waals surface area contributed by atoms with E-state index >= 15 is 0 Å². The van der Waals surface area contributed by atoms with Crippen LogP contribution < -0.4 is 11.1 Å². The van der Waals surface area contributed by atoms with Crippen LogP contribution in [0.15, 0.2) is 22.8 Å². The molecule has 3 N–H and O–H groups in total. The molecule has 94 valence electrons. The largest absolute Gasteiger partial charge is 0.398 e. The van der Waals surface area contributed by atoms with E-state index in [1.807, 2.05) is 6.92 Å². The van der Waals surface area contributed by atoms with Gasteiger partial charge >= 0.3 is 0 Å². The third-order valence-corrected chi connectivity index (χ3v) is 4.43. The van der Waals surface area contributed by atoms with Crippen LogP contribution in [-0.2, 0) is 0 Å². The Hall–Kier alpha value is -1.11. The van der Waals surface area contributed by atoms with Gasteiger partial charge in [0.05, 0.1) is 21.2 Å². The van der Waals surface area contributed by atoms with Crippen molar-refractivity contribution in [1.82, 2.24) is 4.98 Å². The molecule has 0 atom stereocenters. The number of carbonyl (C=O) groups is 1. The smallest absolute Gasteiger partial charge is 0.265 e. The second-order valence-corrected chi connectivity index (χ2v) is 6.04. The molecule has 0 unspecified atom stereocenters. The zero-order valence-electron chi connectivity index (χ0n) is 9.33. The van der Waals surface area contributed by atoms with Gasteiger partial charge in [0, 0.05) is 10.6 Å². The number of amides is 1. The number of anilines is 2. The van der Waals surface area contributed by atoms with Gasteiger partial charge in [0.2, 0.25) is 0 Å². The molecule has 2 aromatic rings. The molecular weight excluding hydrogens is 338 g/mol. The number of nitrogens with one attached hydrogen (secondary N) is 1. The monoisotopic (exact) mass is 345 g/mol. The molecule has 2 heterocycles. The second-order valence-electron chi connectivity index (χ2n) is 3.57. The number of pyridine rings is 1. The maximum atomic E-state index is 11.9. The molecule has 18 heavy (non-hydrogen) atoms. The van der Waals surface area contributed by atoms with E-state index in [4.69, 9.17) is 17.3 Å². The molecule has 0 saturated carbocycles. The average molecular weight is 347 g/mol. The van der Waals surface area contributed by atoms with Crippen molar-refractivity contribution in [3.63, 3.8) is 0 Å². The van der Waals surface area contributed by atoms with Crippen LogP contribution in [0.5, 0.6) is 0 Å². The van der Waals surface area contributed by atoms with Crippen molar-refractivity contribution < 1.29 is 4.79 Å². The summed E-state index contributed by atoms with van der Waals surface area (Å²) in [6, 6.07) is 3.35. The number of aryl methyl sites for hydroxylation is 1. The Morgan fingerprint density at radius 2 is 2.28 bits per heavy atom. The summed E-state index contributed by atoms with van der Waals surface area (Å²) in [6.45, 7) is 1.87. The van der Waals surface area contributed by atoms with Crippen LogP contribution in [0.1, 0.15) is 14.5 Å². The van der Waals surface area contributed by atoms with E-state index in [2.05, 4.69) is 26.2 Å². The van der Waals surface area contributed by atoms with Gasteiger partial charge in [-0.05, 0) is 35.0 Å².